The van der Waals surface area contributed by atoms with Crippen LogP contribution >= 0.6 is 34.8 Å². The van der Waals surface area contributed by atoms with Gasteiger partial charge in [0.25, 0.3) is 5.91 Å². The first-order valence-electron chi connectivity index (χ1n) is 8.69. The first-order chi connectivity index (χ1) is 14.7. The molecule has 0 aliphatic heterocycles. The third kappa shape index (κ3) is 5.75. The fourth-order valence-corrected chi connectivity index (χ4v) is 3.15. The fourth-order valence-electron chi connectivity index (χ4n) is 2.51. The number of rotatable bonds is 7. The summed E-state index contributed by atoms with van der Waals surface area (Å²) in [4.78, 5) is 22.4. The molecule has 1 N–H and O–H groups in total. The second-order valence-electron chi connectivity index (χ2n) is 6.26. The van der Waals surface area contributed by atoms with Gasteiger partial charge in [-0.15, -0.1) is 0 Å². The summed E-state index contributed by atoms with van der Waals surface area (Å²) in [5, 5.41) is 15.9. The number of nitrogens with zero attached hydrogens (tertiary/aromatic N) is 2. The van der Waals surface area contributed by atoms with Crippen LogP contribution in [-0.4, -0.2) is 23.7 Å². The molecule has 3 rings (SSSR count). The molecule has 1 amide bonds. The Balaban J connectivity index is 1.59. The average molecular weight is 483 g/mol. The van der Waals surface area contributed by atoms with E-state index in [0.717, 1.165) is 0 Å². The van der Waals surface area contributed by atoms with E-state index in [1.54, 1.807) is 31.2 Å². The summed E-state index contributed by atoms with van der Waals surface area (Å²) in [5.74, 6) is 0.160. The van der Waals surface area contributed by atoms with Crippen molar-refractivity contribution in [2.75, 3.05) is 6.61 Å². The third-order valence-electron chi connectivity index (χ3n) is 3.95. The maximum absolute atomic E-state index is 11.9. The molecule has 0 aliphatic carbocycles. The quantitative estimate of drug-likeness (QED) is 0.203. The topological polar surface area (TPSA) is 107 Å². The van der Waals surface area contributed by atoms with Gasteiger partial charge in [0.05, 0.1) is 26.2 Å². The normalized spacial score (nSPS) is 11.0. The zero-order chi connectivity index (χ0) is 22.5. The maximum Gasteiger partial charge on any atom is 0.311 e. The van der Waals surface area contributed by atoms with Crippen molar-refractivity contribution in [2.45, 2.75) is 6.92 Å². The van der Waals surface area contributed by atoms with Crippen LogP contribution in [0.1, 0.15) is 11.3 Å². The van der Waals surface area contributed by atoms with Crippen LogP contribution in [0.15, 0.2) is 52.0 Å². The van der Waals surface area contributed by atoms with Crippen LogP contribution in [0.3, 0.4) is 0 Å². The van der Waals surface area contributed by atoms with Gasteiger partial charge in [-0.05, 0) is 42.8 Å². The lowest BCUT2D eigenvalue weighted by Gasteiger charge is -2.06. The molecule has 31 heavy (non-hydrogen) atoms. The molecule has 1 heterocycles. The second-order valence-corrected chi connectivity index (χ2v) is 7.48. The zero-order valence-electron chi connectivity index (χ0n) is 15.9. The Bertz CT molecular complexity index is 1180. The van der Waals surface area contributed by atoms with Gasteiger partial charge in [-0.25, -0.2) is 5.43 Å². The Morgan fingerprint density at radius 3 is 2.65 bits per heavy atom. The van der Waals surface area contributed by atoms with E-state index < -0.39 is 17.4 Å². The van der Waals surface area contributed by atoms with E-state index in [9.17, 15) is 14.9 Å². The van der Waals surface area contributed by atoms with Crippen molar-refractivity contribution in [1.29, 1.82) is 0 Å². The van der Waals surface area contributed by atoms with Crippen molar-refractivity contribution in [1.82, 2.24) is 5.43 Å². The molecule has 0 bridgehead atoms. The number of nitro groups is 1. The average Bonchev–Trinajstić information content (AvgIpc) is 3.18. The third-order valence-corrected chi connectivity index (χ3v) is 4.99. The number of amides is 1. The lowest BCUT2D eigenvalue weighted by Crippen LogP contribution is -2.24. The predicted octanol–water partition coefficient (Wildman–Crippen LogP) is 5.65. The number of benzene rings is 2. The number of hydrazone groups is 1. The Hall–Kier alpha value is -3.07. The number of hydrogen-bond donors (Lipinski definition) is 1. The lowest BCUT2D eigenvalue weighted by molar-refractivity contribution is -0.385. The van der Waals surface area contributed by atoms with Gasteiger partial charge in [0.15, 0.2) is 12.4 Å². The first kappa shape index (κ1) is 22.6. The summed E-state index contributed by atoms with van der Waals surface area (Å²) < 4.78 is 10.8. The molecule has 0 saturated heterocycles. The van der Waals surface area contributed by atoms with E-state index >= 15 is 0 Å². The van der Waals surface area contributed by atoms with Crippen LogP contribution < -0.4 is 10.2 Å². The van der Waals surface area contributed by atoms with Crippen molar-refractivity contribution < 1.29 is 18.9 Å². The van der Waals surface area contributed by atoms with Gasteiger partial charge in [0.1, 0.15) is 11.5 Å². The highest BCUT2D eigenvalue weighted by molar-refractivity contribution is 6.44. The van der Waals surface area contributed by atoms with Gasteiger partial charge in [-0.1, -0.05) is 40.9 Å². The minimum atomic E-state index is -0.606. The van der Waals surface area contributed by atoms with E-state index in [0.29, 0.717) is 37.7 Å². The highest BCUT2D eigenvalue weighted by atomic mass is 35.5. The number of nitro benzene ring substituents is 1. The molecule has 1 aromatic heterocycles. The largest absolute Gasteiger partial charge is 0.477 e. The van der Waals surface area contributed by atoms with Crippen molar-refractivity contribution in [3.63, 3.8) is 0 Å². The Kier molecular flexibility index (Phi) is 7.17. The number of carbonyl (C=O) groups excluding carboxylic acids is 1. The van der Waals surface area contributed by atoms with Crippen LogP contribution in [0, 0.1) is 17.0 Å². The molecule has 2 aromatic carbocycles. The van der Waals surface area contributed by atoms with E-state index in [1.165, 1.54) is 24.4 Å². The Labute approximate surface area is 191 Å². The number of halogens is 3. The van der Waals surface area contributed by atoms with Crippen LogP contribution in [0.25, 0.3) is 11.3 Å². The zero-order valence-corrected chi connectivity index (χ0v) is 18.2. The molecule has 160 valence electrons. The number of hydrogen-bond acceptors (Lipinski definition) is 6. The van der Waals surface area contributed by atoms with Crippen molar-refractivity contribution in [3.8, 4) is 17.1 Å². The molecule has 11 heteroatoms. The first-order valence-corrected chi connectivity index (χ1v) is 9.82. The second kappa shape index (κ2) is 9.82. The van der Waals surface area contributed by atoms with Crippen molar-refractivity contribution >= 4 is 52.6 Å². The highest BCUT2D eigenvalue weighted by Gasteiger charge is 2.16. The maximum atomic E-state index is 11.9. The number of carbonyl (C=O) groups is 1. The van der Waals surface area contributed by atoms with Crippen LogP contribution in [0.5, 0.6) is 5.75 Å². The molecular formula is C20H14Cl3N3O5. The molecular weight excluding hydrogens is 469 g/mol. The van der Waals surface area contributed by atoms with E-state index in [2.05, 4.69) is 10.5 Å². The molecule has 0 saturated carbocycles. The summed E-state index contributed by atoms with van der Waals surface area (Å²) in [5.41, 5.74) is 3.28. The molecule has 0 radical (unpaired) electrons. The molecule has 3 aromatic rings. The van der Waals surface area contributed by atoms with E-state index in [1.807, 2.05) is 0 Å². The van der Waals surface area contributed by atoms with Gasteiger partial charge in [0.2, 0.25) is 0 Å². The molecule has 8 nitrogen and oxygen atoms in total. The van der Waals surface area contributed by atoms with E-state index in [-0.39, 0.29) is 11.4 Å². The summed E-state index contributed by atoms with van der Waals surface area (Å²) in [6, 6.07) is 10.8. The highest BCUT2D eigenvalue weighted by Crippen LogP contribution is 2.35. The van der Waals surface area contributed by atoms with Crippen molar-refractivity contribution in [3.05, 3.63) is 79.0 Å². The summed E-state index contributed by atoms with van der Waals surface area (Å²) in [6.07, 6.45) is 1.28. The van der Waals surface area contributed by atoms with Gasteiger partial charge in [-0.2, -0.15) is 5.10 Å². The molecule has 0 atom stereocenters. The van der Waals surface area contributed by atoms with Gasteiger partial charge >= 0.3 is 5.69 Å². The predicted molar refractivity (Wildman–Crippen MR) is 118 cm³/mol. The minimum Gasteiger partial charge on any atom is -0.477 e. The molecule has 0 aliphatic rings. The molecule has 0 fully saturated rings. The van der Waals surface area contributed by atoms with E-state index in [4.69, 9.17) is 44.0 Å². The standard InChI is InChI=1S/C20H14Cl3N3O5/c1-11-2-4-19(17(6-11)26(28)29)30-10-20(27)25-24-9-12-3-5-18(31-12)13-7-15(22)16(23)8-14(13)21/h2-9H,10H2,1H3,(H,25,27). The van der Waals surface area contributed by atoms with Gasteiger partial charge in [-0.3, -0.25) is 14.9 Å². The summed E-state index contributed by atoms with van der Waals surface area (Å²) in [7, 11) is 0. The lowest BCUT2D eigenvalue weighted by atomic mass is 10.2. The molecule has 0 unspecified atom stereocenters. The van der Waals surface area contributed by atoms with Crippen molar-refractivity contribution in [2.24, 2.45) is 5.10 Å². The number of nitrogens with one attached hydrogen (secondary N) is 1. The van der Waals surface area contributed by atoms with Crippen LogP contribution in [-0.2, 0) is 4.79 Å². The summed E-state index contributed by atoms with van der Waals surface area (Å²) in [6.45, 7) is 1.26. The van der Waals surface area contributed by atoms with Crippen LogP contribution in [0.4, 0.5) is 5.69 Å². The number of furan rings is 1. The Morgan fingerprint density at radius 1 is 1.16 bits per heavy atom. The van der Waals surface area contributed by atoms with Crippen LogP contribution in [0.2, 0.25) is 15.1 Å². The molecule has 0 spiro atoms. The fraction of sp³-hybridized carbons (Fsp3) is 0.100. The van der Waals surface area contributed by atoms with Gasteiger partial charge in [0, 0.05) is 11.6 Å². The van der Waals surface area contributed by atoms with Gasteiger partial charge < -0.3 is 9.15 Å². The Morgan fingerprint density at radius 2 is 1.90 bits per heavy atom. The smallest absolute Gasteiger partial charge is 0.311 e. The minimum absolute atomic E-state index is 0.0103. The monoisotopic (exact) mass is 481 g/mol. The number of ether oxygens (including phenoxy) is 1. The number of aryl methyl sites for hydroxylation is 1. The SMILES string of the molecule is Cc1ccc(OCC(=O)NN=Cc2ccc(-c3cc(Cl)c(Cl)cc3Cl)o2)c([N+](=O)[O-])c1. The summed E-state index contributed by atoms with van der Waals surface area (Å²) >= 11 is 18.1.